The van der Waals surface area contributed by atoms with E-state index in [1.807, 2.05) is 6.92 Å². The smallest absolute Gasteiger partial charge is 0.341 e. The van der Waals surface area contributed by atoms with Crippen LogP contribution in [-0.2, 0) is 5.54 Å². The lowest BCUT2D eigenvalue weighted by Gasteiger charge is -2.44. The highest BCUT2D eigenvalue weighted by molar-refractivity contribution is 6.03. The molecule has 1 aromatic heterocycles. The number of rotatable bonds is 3. The van der Waals surface area contributed by atoms with Crippen molar-refractivity contribution in [1.82, 2.24) is 4.57 Å². The van der Waals surface area contributed by atoms with Gasteiger partial charge in [0.05, 0.1) is 23.2 Å². The Bertz CT molecular complexity index is 995. The second kappa shape index (κ2) is 5.62. The number of nitrogen functional groups attached to an aromatic ring is 1. The number of anilines is 2. The molecule has 1 aromatic carbocycles. The number of aromatic carboxylic acids is 1. The van der Waals surface area contributed by atoms with E-state index in [2.05, 4.69) is 5.32 Å². The molecule has 2 heterocycles. The summed E-state index contributed by atoms with van der Waals surface area (Å²) in [4.78, 5) is 24.4. The van der Waals surface area contributed by atoms with Crippen molar-refractivity contribution in [3.63, 3.8) is 0 Å². The fraction of sp³-hybridized carbons (Fsp3) is 0.444. The number of hydrogen-bond donors (Lipinski definition) is 3. The maximum Gasteiger partial charge on any atom is 0.341 e. The molecule has 1 aliphatic carbocycles. The number of aromatic nitrogens is 1. The highest BCUT2D eigenvalue weighted by Crippen LogP contribution is 2.49. The van der Waals surface area contributed by atoms with Crippen molar-refractivity contribution in [2.24, 2.45) is 0 Å². The Balaban J connectivity index is 2.22. The monoisotopic (exact) mass is 361 g/mol. The van der Waals surface area contributed by atoms with E-state index >= 15 is 0 Å². The number of hydrogen-bond acceptors (Lipinski definition) is 5. The molecule has 4 N–H and O–H groups in total. The maximum atomic E-state index is 14.9. The number of benzene rings is 1. The standard InChI is InChI=1S/C18H20FN3O4/c1-2-21-13-11(19)12(20)10-14-16(13)26-7-6-18(4-3-5-18)22(14)8-9(15(10)23)17(24)25/h8,21H,2-7,20H2,1H3,(H,24,25). The Hall–Kier alpha value is -2.77. The Morgan fingerprint density at radius 2 is 2.19 bits per heavy atom. The van der Waals surface area contributed by atoms with Crippen molar-refractivity contribution in [1.29, 1.82) is 0 Å². The molecule has 4 rings (SSSR count). The molecule has 0 unspecified atom stereocenters. The maximum absolute atomic E-state index is 14.9. The van der Waals surface area contributed by atoms with Crippen molar-refractivity contribution in [2.75, 3.05) is 24.2 Å². The van der Waals surface area contributed by atoms with Gasteiger partial charge in [-0.1, -0.05) is 0 Å². The summed E-state index contributed by atoms with van der Waals surface area (Å²) in [5.74, 6) is -1.91. The zero-order valence-corrected chi connectivity index (χ0v) is 14.4. The van der Waals surface area contributed by atoms with Crippen LogP contribution in [0.1, 0.15) is 43.0 Å². The van der Waals surface area contributed by atoms with Gasteiger partial charge < -0.3 is 25.5 Å². The van der Waals surface area contributed by atoms with Crippen LogP contribution in [-0.4, -0.2) is 28.8 Å². The summed E-state index contributed by atoms with van der Waals surface area (Å²) in [6.45, 7) is 2.62. The van der Waals surface area contributed by atoms with E-state index in [-0.39, 0.29) is 28.0 Å². The molecule has 0 bridgehead atoms. The van der Waals surface area contributed by atoms with E-state index < -0.39 is 22.8 Å². The van der Waals surface area contributed by atoms with Crippen molar-refractivity contribution >= 4 is 28.2 Å². The zero-order chi connectivity index (χ0) is 18.6. The van der Waals surface area contributed by atoms with E-state index in [1.165, 1.54) is 6.20 Å². The molecule has 0 radical (unpaired) electrons. The van der Waals surface area contributed by atoms with E-state index in [1.54, 1.807) is 4.57 Å². The molecule has 0 amide bonds. The molecule has 0 atom stereocenters. The van der Waals surface area contributed by atoms with Gasteiger partial charge in [-0.05, 0) is 26.2 Å². The van der Waals surface area contributed by atoms with Crippen LogP contribution in [0.3, 0.4) is 0 Å². The first-order valence-electron chi connectivity index (χ1n) is 8.72. The second-order valence-electron chi connectivity index (χ2n) is 6.91. The molecule has 7 nitrogen and oxygen atoms in total. The largest absolute Gasteiger partial charge is 0.489 e. The predicted molar refractivity (Wildman–Crippen MR) is 95.6 cm³/mol. The van der Waals surface area contributed by atoms with E-state index in [9.17, 15) is 19.1 Å². The van der Waals surface area contributed by atoms with Crippen LogP contribution in [0.2, 0.25) is 0 Å². The van der Waals surface area contributed by atoms with Crippen LogP contribution >= 0.6 is 0 Å². The molecule has 1 aliphatic heterocycles. The minimum atomic E-state index is -1.35. The Labute approximate surface area is 148 Å². The number of nitrogens with two attached hydrogens (primary N) is 1. The summed E-state index contributed by atoms with van der Waals surface area (Å²) >= 11 is 0. The number of carboxylic acids is 1. The first kappa shape index (κ1) is 16.7. The number of pyridine rings is 1. The first-order valence-corrected chi connectivity index (χ1v) is 8.72. The van der Waals surface area contributed by atoms with E-state index in [0.717, 1.165) is 19.3 Å². The molecule has 26 heavy (non-hydrogen) atoms. The van der Waals surface area contributed by atoms with Crippen molar-refractivity contribution in [3.05, 3.63) is 27.8 Å². The molecule has 1 fully saturated rings. The van der Waals surface area contributed by atoms with Gasteiger partial charge >= 0.3 is 5.97 Å². The number of nitrogens with one attached hydrogen (secondary N) is 1. The Morgan fingerprint density at radius 3 is 2.77 bits per heavy atom. The number of nitrogens with zero attached hydrogens (tertiary/aromatic N) is 1. The minimum Gasteiger partial charge on any atom is -0.489 e. The Morgan fingerprint density at radius 1 is 1.46 bits per heavy atom. The third-order valence-corrected chi connectivity index (χ3v) is 5.57. The number of fused-ring (bicyclic) bond motifs is 1. The lowest BCUT2D eigenvalue weighted by atomic mass is 9.74. The highest BCUT2D eigenvalue weighted by Gasteiger charge is 2.43. The van der Waals surface area contributed by atoms with Crippen LogP contribution in [0.4, 0.5) is 15.8 Å². The number of carboxylic acid groups (broad SMARTS) is 1. The minimum absolute atomic E-state index is 0.116. The summed E-state index contributed by atoms with van der Waals surface area (Å²) in [5.41, 5.74) is 4.59. The van der Waals surface area contributed by atoms with Gasteiger partial charge in [-0.2, -0.15) is 0 Å². The van der Waals surface area contributed by atoms with Gasteiger partial charge in [0.25, 0.3) is 0 Å². The lowest BCUT2D eigenvalue weighted by Crippen LogP contribution is -2.42. The van der Waals surface area contributed by atoms with Crippen molar-refractivity contribution < 1.29 is 19.0 Å². The van der Waals surface area contributed by atoms with Gasteiger partial charge in [0.1, 0.15) is 11.3 Å². The average Bonchev–Trinajstić information content (AvgIpc) is 2.73. The van der Waals surface area contributed by atoms with Crippen LogP contribution in [0.25, 0.3) is 10.9 Å². The normalized spacial score (nSPS) is 17.5. The van der Waals surface area contributed by atoms with E-state index in [4.69, 9.17) is 10.5 Å². The average molecular weight is 361 g/mol. The van der Waals surface area contributed by atoms with Crippen molar-refractivity contribution in [2.45, 2.75) is 38.1 Å². The fourth-order valence-electron chi connectivity index (χ4n) is 4.09. The molecule has 138 valence electrons. The van der Waals surface area contributed by atoms with Crippen LogP contribution in [0.5, 0.6) is 5.75 Å². The lowest BCUT2D eigenvalue weighted by molar-refractivity contribution is 0.0691. The van der Waals surface area contributed by atoms with Gasteiger partial charge in [-0.3, -0.25) is 4.79 Å². The second-order valence-corrected chi connectivity index (χ2v) is 6.91. The van der Waals surface area contributed by atoms with Gasteiger partial charge in [0.2, 0.25) is 5.43 Å². The van der Waals surface area contributed by atoms with Crippen molar-refractivity contribution in [3.8, 4) is 5.75 Å². The third-order valence-electron chi connectivity index (χ3n) is 5.57. The van der Waals surface area contributed by atoms with Crippen LogP contribution < -0.4 is 21.2 Å². The predicted octanol–water partition coefficient (Wildman–Crippen LogP) is 2.51. The van der Waals surface area contributed by atoms with Gasteiger partial charge in [0.15, 0.2) is 11.6 Å². The van der Waals surface area contributed by atoms with Gasteiger partial charge in [-0.25, -0.2) is 9.18 Å². The topological polar surface area (TPSA) is 107 Å². The van der Waals surface area contributed by atoms with Crippen LogP contribution in [0, 0.1) is 5.82 Å². The summed E-state index contributed by atoms with van der Waals surface area (Å²) in [6, 6.07) is 0. The fourth-order valence-corrected chi connectivity index (χ4v) is 4.09. The molecule has 0 saturated heterocycles. The van der Waals surface area contributed by atoms with Crippen LogP contribution in [0.15, 0.2) is 11.0 Å². The molecule has 1 spiro atoms. The summed E-state index contributed by atoms with van der Waals surface area (Å²) in [5, 5.41) is 12.3. The van der Waals surface area contributed by atoms with Gasteiger partial charge in [-0.15, -0.1) is 0 Å². The summed E-state index contributed by atoms with van der Waals surface area (Å²) in [6.07, 6.45) is 4.73. The highest BCUT2D eigenvalue weighted by atomic mass is 19.1. The number of carbonyl (C=O) groups is 1. The molecule has 1 saturated carbocycles. The first-order chi connectivity index (χ1) is 12.4. The van der Waals surface area contributed by atoms with E-state index in [0.29, 0.717) is 25.1 Å². The van der Waals surface area contributed by atoms with Gasteiger partial charge in [0, 0.05) is 24.7 Å². The number of halogens is 1. The molecular weight excluding hydrogens is 341 g/mol. The Kier molecular flexibility index (Phi) is 3.61. The third kappa shape index (κ3) is 2.04. The molecule has 2 aliphatic rings. The molecule has 8 heteroatoms. The molecular formula is C18H20FN3O4. The number of ether oxygens (including phenoxy) is 1. The summed E-state index contributed by atoms with van der Waals surface area (Å²) < 4.78 is 22.6. The molecule has 2 aromatic rings. The zero-order valence-electron chi connectivity index (χ0n) is 14.4. The summed E-state index contributed by atoms with van der Waals surface area (Å²) in [7, 11) is 0. The quantitative estimate of drug-likeness (QED) is 0.725. The SMILES string of the molecule is CCNc1c(F)c(N)c2c(=O)c(C(=O)O)cn3c2c1OCCC31CCC1.